The maximum Gasteiger partial charge on any atom is 0.238 e. The lowest BCUT2D eigenvalue weighted by Gasteiger charge is -2.22. The van der Waals surface area contributed by atoms with E-state index >= 15 is 0 Å². The molecule has 0 saturated carbocycles. The third-order valence-corrected chi connectivity index (χ3v) is 5.94. The van der Waals surface area contributed by atoms with Crippen LogP contribution in [0.5, 0.6) is 5.88 Å². The van der Waals surface area contributed by atoms with Crippen LogP contribution in [0.2, 0.25) is 0 Å². The molecule has 0 saturated heterocycles. The fraction of sp³-hybridized carbons (Fsp3) is 0.280. The number of nitrogens with zero attached hydrogens (tertiary/aromatic N) is 6. The molecule has 33 heavy (non-hydrogen) atoms. The summed E-state index contributed by atoms with van der Waals surface area (Å²) in [5.41, 5.74) is 4.53. The van der Waals surface area contributed by atoms with E-state index in [0.717, 1.165) is 53.4 Å². The van der Waals surface area contributed by atoms with Crippen LogP contribution in [0.3, 0.4) is 0 Å². The van der Waals surface area contributed by atoms with Crippen LogP contribution in [0, 0.1) is 12.7 Å². The molecule has 8 heteroatoms. The monoisotopic (exact) mass is 444 g/mol. The Bertz CT molecular complexity index is 1320. The minimum absolute atomic E-state index is 0.116. The van der Waals surface area contributed by atoms with Gasteiger partial charge in [0.25, 0.3) is 0 Å². The van der Waals surface area contributed by atoms with E-state index < -0.39 is 0 Å². The summed E-state index contributed by atoms with van der Waals surface area (Å²) in [6, 6.07) is 10.6. The fourth-order valence-electron chi connectivity index (χ4n) is 4.26. The number of aromatic nitrogens is 6. The number of hydrogen-bond donors (Lipinski definition) is 0. The first-order valence-corrected chi connectivity index (χ1v) is 11.0. The lowest BCUT2D eigenvalue weighted by atomic mass is 9.91. The van der Waals surface area contributed by atoms with Crippen LogP contribution in [0.1, 0.15) is 54.3 Å². The Morgan fingerprint density at radius 1 is 1.15 bits per heavy atom. The minimum atomic E-state index is -0.229. The van der Waals surface area contributed by atoms with Gasteiger partial charge in [-0.1, -0.05) is 12.1 Å². The molecule has 0 radical (unpaired) electrons. The maximum absolute atomic E-state index is 13.4. The molecular formula is C25H25FN6O. The van der Waals surface area contributed by atoms with Gasteiger partial charge < -0.3 is 9.30 Å². The maximum atomic E-state index is 13.4. The molecule has 0 bridgehead atoms. The molecule has 4 aromatic rings. The molecule has 1 unspecified atom stereocenters. The Hall–Kier alpha value is -3.81. The van der Waals surface area contributed by atoms with E-state index in [1.165, 1.54) is 12.1 Å². The molecule has 0 N–H and O–H groups in total. The molecule has 7 nitrogen and oxygen atoms in total. The molecule has 3 aromatic heterocycles. The van der Waals surface area contributed by atoms with Crippen molar-refractivity contribution in [2.45, 2.75) is 39.2 Å². The summed E-state index contributed by atoms with van der Waals surface area (Å²) in [5.74, 6) is 1.97. The summed E-state index contributed by atoms with van der Waals surface area (Å²) >= 11 is 0. The van der Waals surface area contributed by atoms with Crippen LogP contribution in [0.25, 0.3) is 17.3 Å². The van der Waals surface area contributed by atoms with E-state index in [1.54, 1.807) is 13.4 Å². The number of hydrogen-bond acceptors (Lipinski definition) is 5. The second kappa shape index (κ2) is 8.61. The molecule has 0 fully saturated rings. The van der Waals surface area contributed by atoms with Gasteiger partial charge in [0.05, 0.1) is 24.8 Å². The number of halogens is 1. The number of rotatable bonds is 5. The molecule has 168 valence electrons. The average molecular weight is 445 g/mol. The molecule has 4 heterocycles. The number of methoxy groups -OCH3 is 1. The topological polar surface area (TPSA) is 70.7 Å². The fourth-order valence-corrected chi connectivity index (χ4v) is 4.26. The van der Waals surface area contributed by atoms with E-state index in [1.807, 2.05) is 59.6 Å². The molecule has 0 spiro atoms. The Balaban J connectivity index is 1.45. The van der Waals surface area contributed by atoms with Crippen molar-refractivity contribution in [1.82, 2.24) is 29.3 Å². The van der Waals surface area contributed by atoms with Crippen molar-refractivity contribution < 1.29 is 9.13 Å². The third kappa shape index (κ3) is 4.16. The number of fused-ring (bicyclic) bond motifs is 1. The van der Waals surface area contributed by atoms with Crippen molar-refractivity contribution in [3.63, 3.8) is 0 Å². The second-order valence-electron chi connectivity index (χ2n) is 8.27. The van der Waals surface area contributed by atoms with Gasteiger partial charge in [-0.2, -0.15) is 5.10 Å². The second-order valence-corrected chi connectivity index (χ2v) is 8.27. The van der Waals surface area contributed by atoms with Crippen LogP contribution in [0.4, 0.5) is 4.39 Å². The lowest BCUT2D eigenvalue weighted by molar-refractivity contribution is 0.395. The van der Waals surface area contributed by atoms with Crippen LogP contribution >= 0.6 is 0 Å². The van der Waals surface area contributed by atoms with Gasteiger partial charge in [-0.25, -0.2) is 24.0 Å². The van der Waals surface area contributed by atoms with Gasteiger partial charge in [-0.15, -0.1) is 0 Å². The molecule has 1 aliphatic heterocycles. The van der Waals surface area contributed by atoms with Crippen molar-refractivity contribution >= 4 is 11.6 Å². The van der Waals surface area contributed by atoms with Crippen LogP contribution < -0.4 is 4.74 Å². The van der Waals surface area contributed by atoms with Crippen molar-refractivity contribution in [3.8, 4) is 11.6 Å². The molecular weight excluding hydrogens is 419 g/mol. The standard InChI is InChI=1S/C25H25FN6O/c1-16(21-10-11-22(25(28-21)33-3)31-14-17(2)27-15-31)13-23-29-24-20(5-4-12-32(24)30-23)18-6-8-19(26)9-7-18/h6-11,13-15,20H,4-5,12H2,1-3H3/b16-13+. The SMILES string of the molecule is COc1nc(/C(C)=C/c2nc3n(n2)CCCC3c2ccc(F)cc2)ccc1-n1cnc(C)c1. The summed E-state index contributed by atoms with van der Waals surface area (Å²) in [6.45, 7) is 4.76. The van der Waals surface area contributed by atoms with Gasteiger partial charge in [0.1, 0.15) is 17.3 Å². The number of pyridine rings is 1. The van der Waals surface area contributed by atoms with Crippen molar-refractivity contribution in [3.05, 3.63) is 83.3 Å². The van der Waals surface area contributed by atoms with Gasteiger partial charge >= 0.3 is 0 Å². The predicted molar refractivity (Wildman–Crippen MR) is 124 cm³/mol. The summed E-state index contributed by atoms with van der Waals surface area (Å²) in [5, 5.41) is 4.70. The molecule has 1 aliphatic rings. The van der Waals surface area contributed by atoms with Gasteiger partial charge in [-0.05, 0) is 68.2 Å². The predicted octanol–water partition coefficient (Wildman–Crippen LogP) is 4.80. The average Bonchev–Trinajstić information content (AvgIpc) is 3.44. The third-order valence-electron chi connectivity index (χ3n) is 5.94. The number of benzene rings is 1. The first-order valence-electron chi connectivity index (χ1n) is 11.0. The molecule has 0 aliphatic carbocycles. The number of aryl methyl sites for hydroxylation is 2. The highest BCUT2D eigenvalue weighted by atomic mass is 19.1. The van der Waals surface area contributed by atoms with E-state index in [0.29, 0.717) is 11.7 Å². The van der Waals surface area contributed by atoms with Crippen molar-refractivity contribution in [1.29, 1.82) is 0 Å². The van der Waals surface area contributed by atoms with Gasteiger partial charge in [0.2, 0.25) is 5.88 Å². The number of allylic oxidation sites excluding steroid dienone is 1. The molecule has 1 atom stereocenters. The number of ether oxygens (including phenoxy) is 1. The van der Waals surface area contributed by atoms with Gasteiger partial charge in [-0.3, -0.25) is 0 Å². The zero-order valence-electron chi connectivity index (χ0n) is 18.9. The minimum Gasteiger partial charge on any atom is -0.479 e. The Morgan fingerprint density at radius 3 is 2.70 bits per heavy atom. The summed E-state index contributed by atoms with van der Waals surface area (Å²) in [6.07, 6.45) is 7.60. The van der Waals surface area contributed by atoms with Gasteiger partial charge in [0, 0.05) is 18.7 Å². The van der Waals surface area contributed by atoms with Crippen molar-refractivity contribution in [2.24, 2.45) is 0 Å². The Morgan fingerprint density at radius 2 is 1.97 bits per heavy atom. The molecule has 5 rings (SSSR count). The highest BCUT2D eigenvalue weighted by Crippen LogP contribution is 2.32. The summed E-state index contributed by atoms with van der Waals surface area (Å²) < 4.78 is 22.8. The van der Waals surface area contributed by atoms with E-state index in [2.05, 4.69) is 9.97 Å². The largest absolute Gasteiger partial charge is 0.479 e. The van der Waals surface area contributed by atoms with Crippen LogP contribution in [-0.4, -0.2) is 36.4 Å². The van der Waals surface area contributed by atoms with Crippen LogP contribution in [0.15, 0.2) is 48.9 Å². The zero-order chi connectivity index (χ0) is 22.9. The smallest absolute Gasteiger partial charge is 0.238 e. The highest BCUT2D eigenvalue weighted by Gasteiger charge is 2.25. The first-order chi connectivity index (χ1) is 16.0. The quantitative estimate of drug-likeness (QED) is 0.442. The van der Waals surface area contributed by atoms with Crippen LogP contribution in [-0.2, 0) is 6.54 Å². The number of imidazole rings is 1. The highest BCUT2D eigenvalue weighted by molar-refractivity contribution is 5.77. The van der Waals surface area contributed by atoms with E-state index in [9.17, 15) is 4.39 Å². The molecule has 1 aromatic carbocycles. The van der Waals surface area contributed by atoms with Crippen molar-refractivity contribution in [2.75, 3.05) is 7.11 Å². The van der Waals surface area contributed by atoms with E-state index in [-0.39, 0.29) is 11.7 Å². The molecule has 0 amide bonds. The summed E-state index contributed by atoms with van der Waals surface area (Å²) in [4.78, 5) is 13.8. The Kier molecular flexibility index (Phi) is 5.50. The lowest BCUT2D eigenvalue weighted by Crippen LogP contribution is -2.17. The van der Waals surface area contributed by atoms with Gasteiger partial charge in [0.15, 0.2) is 5.82 Å². The summed E-state index contributed by atoms with van der Waals surface area (Å²) in [7, 11) is 1.61. The Labute approximate surface area is 191 Å². The first kappa shape index (κ1) is 21.1. The van der Waals surface area contributed by atoms with E-state index in [4.69, 9.17) is 14.8 Å². The normalized spacial score (nSPS) is 16.0. The zero-order valence-corrected chi connectivity index (χ0v) is 18.9.